The molecular formula is C14H17Cl2N. The molecule has 0 heterocycles. The molecule has 1 aliphatic rings. The molecule has 3 heteroatoms. The van der Waals surface area contributed by atoms with E-state index in [9.17, 15) is 0 Å². The average Bonchev–Trinajstić information content (AvgIpc) is 2.80. The second kappa shape index (κ2) is 4.01. The van der Waals surface area contributed by atoms with Crippen LogP contribution < -0.4 is 5.73 Å². The fraction of sp³-hybridized carbons (Fsp3) is 0.429. The lowest BCUT2D eigenvalue weighted by Crippen LogP contribution is -2.29. The maximum Gasteiger partial charge on any atom is 0.132 e. The van der Waals surface area contributed by atoms with E-state index in [1.54, 1.807) is 0 Å². The topological polar surface area (TPSA) is 26.0 Å². The second-order valence-corrected chi connectivity index (χ2v) is 6.86. The van der Waals surface area contributed by atoms with Crippen LogP contribution in [0.3, 0.4) is 0 Å². The van der Waals surface area contributed by atoms with Gasteiger partial charge in [-0.3, -0.25) is 0 Å². The van der Waals surface area contributed by atoms with Crippen molar-refractivity contribution >= 4 is 23.2 Å². The maximum atomic E-state index is 6.30. The number of hydrogen-bond donors (Lipinski definition) is 1. The average molecular weight is 270 g/mol. The second-order valence-electron chi connectivity index (χ2n) is 5.37. The molecular weight excluding hydrogens is 253 g/mol. The summed E-state index contributed by atoms with van der Waals surface area (Å²) in [5.41, 5.74) is 6.47. The summed E-state index contributed by atoms with van der Waals surface area (Å²) >= 11 is 12.6. The Hall–Kier alpha value is -0.500. The van der Waals surface area contributed by atoms with Crippen LogP contribution in [0, 0.1) is 0 Å². The van der Waals surface area contributed by atoms with E-state index in [0.29, 0.717) is 0 Å². The Morgan fingerprint density at radius 2 is 1.76 bits per heavy atom. The van der Waals surface area contributed by atoms with E-state index in [-0.39, 0.29) is 11.0 Å². The molecule has 0 aromatic heterocycles. The summed E-state index contributed by atoms with van der Waals surface area (Å²) in [6, 6.07) is 10.1. The third-order valence-corrected chi connectivity index (χ3v) is 4.06. The third kappa shape index (κ3) is 2.52. The SMILES string of the molecule is CC(C)(N)C=CC1(c2ccccc2)CC1(Cl)Cl. The van der Waals surface area contributed by atoms with Crippen LogP contribution in [-0.4, -0.2) is 9.87 Å². The van der Waals surface area contributed by atoms with Gasteiger partial charge in [-0.2, -0.15) is 0 Å². The minimum Gasteiger partial charge on any atom is -0.322 e. The molecule has 1 atom stereocenters. The highest BCUT2D eigenvalue weighted by atomic mass is 35.5. The highest BCUT2D eigenvalue weighted by Crippen LogP contribution is 2.65. The van der Waals surface area contributed by atoms with Crippen molar-refractivity contribution in [3.8, 4) is 0 Å². The van der Waals surface area contributed by atoms with Crippen molar-refractivity contribution in [3.63, 3.8) is 0 Å². The van der Waals surface area contributed by atoms with Gasteiger partial charge in [-0.05, 0) is 25.8 Å². The smallest absolute Gasteiger partial charge is 0.132 e. The van der Waals surface area contributed by atoms with Gasteiger partial charge in [-0.1, -0.05) is 42.5 Å². The molecule has 0 bridgehead atoms. The van der Waals surface area contributed by atoms with Gasteiger partial charge in [0.2, 0.25) is 0 Å². The Kier molecular flexibility index (Phi) is 3.05. The molecule has 1 nitrogen and oxygen atoms in total. The zero-order chi connectivity index (χ0) is 12.7. The number of benzene rings is 1. The fourth-order valence-corrected chi connectivity index (χ4v) is 2.75. The van der Waals surface area contributed by atoms with Gasteiger partial charge < -0.3 is 5.73 Å². The Balaban J connectivity index is 2.35. The molecule has 1 aliphatic carbocycles. The Bertz CT molecular complexity index is 431. The molecule has 1 saturated carbocycles. The standard InChI is InChI=1S/C14H17Cl2N/c1-12(2,17)8-9-13(10-14(13,15)16)11-6-4-3-5-7-11/h3-9H,10,17H2,1-2H3. The van der Waals surface area contributed by atoms with Crippen LogP contribution in [0.25, 0.3) is 0 Å². The van der Waals surface area contributed by atoms with Gasteiger partial charge in [0, 0.05) is 11.0 Å². The first-order valence-electron chi connectivity index (χ1n) is 5.70. The highest BCUT2D eigenvalue weighted by Gasteiger charge is 2.65. The number of alkyl halides is 2. The summed E-state index contributed by atoms with van der Waals surface area (Å²) in [6.45, 7) is 3.91. The third-order valence-electron chi connectivity index (χ3n) is 3.11. The van der Waals surface area contributed by atoms with Gasteiger partial charge in [-0.25, -0.2) is 0 Å². The van der Waals surface area contributed by atoms with Gasteiger partial charge in [0.1, 0.15) is 4.33 Å². The molecule has 1 fully saturated rings. The molecule has 0 radical (unpaired) electrons. The molecule has 0 aliphatic heterocycles. The molecule has 2 rings (SSSR count). The van der Waals surface area contributed by atoms with E-state index < -0.39 is 4.33 Å². The normalized spacial score (nSPS) is 27.4. The lowest BCUT2D eigenvalue weighted by Gasteiger charge is -2.18. The molecule has 1 aromatic carbocycles. The van der Waals surface area contributed by atoms with Gasteiger partial charge in [0.15, 0.2) is 0 Å². The zero-order valence-electron chi connectivity index (χ0n) is 10.1. The van der Waals surface area contributed by atoms with Crippen molar-refractivity contribution in [2.75, 3.05) is 0 Å². The van der Waals surface area contributed by atoms with Crippen LogP contribution in [0.2, 0.25) is 0 Å². The van der Waals surface area contributed by atoms with Crippen LogP contribution in [0.5, 0.6) is 0 Å². The van der Waals surface area contributed by atoms with Crippen molar-refractivity contribution in [2.24, 2.45) is 5.73 Å². The first-order valence-corrected chi connectivity index (χ1v) is 6.45. The van der Waals surface area contributed by atoms with Crippen molar-refractivity contribution in [3.05, 3.63) is 48.0 Å². The molecule has 92 valence electrons. The molecule has 1 aromatic rings. The number of rotatable bonds is 3. The number of allylic oxidation sites excluding steroid dienone is 1. The summed E-state index contributed by atoms with van der Waals surface area (Å²) in [6.07, 6.45) is 4.77. The van der Waals surface area contributed by atoms with E-state index in [1.165, 1.54) is 0 Å². The summed E-state index contributed by atoms with van der Waals surface area (Å²) in [4.78, 5) is 0. The summed E-state index contributed by atoms with van der Waals surface area (Å²) in [5, 5.41) is 0. The minimum absolute atomic E-state index is 0.284. The first-order chi connectivity index (χ1) is 7.77. The Morgan fingerprint density at radius 1 is 1.24 bits per heavy atom. The molecule has 1 unspecified atom stereocenters. The van der Waals surface area contributed by atoms with Crippen LogP contribution in [-0.2, 0) is 5.41 Å². The predicted molar refractivity (Wildman–Crippen MR) is 74.6 cm³/mol. The molecule has 2 N–H and O–H groups in total. The van der Waals surface area contributed by atoms with E-state index in [2.05, 4.69) is 18.2 Å². The molecule has 0 spiro atoms. The van der Waals surface area contributed by atoms with Gasteiger partial charge in [0.05, 0.1) is 0 Å². The maximum absolute atomic E-state index is 6.30. The van der Waals surface area contributed by atoms with Gasteiger partial charge in [0.25, 0.3) is 0 Å². The van der Waals surface area contributed by atoms with Crippen LogP contribution in [0.15, 0.2) is 42.5 Å². The van der Waals surface area contributed by atoms with E-state index >= 15 is 0 Å². The van der Waals surface area contributed by atoms with E-state index in [0.717, 1.165) is 12.0 Å². The van der Waals surface area contributed by atoms with Crippen LogP contribution in [0.4, 0.5) is 0 Å². The number of nitrogens with two attached hydrogens (primary N) is 1. The van der Waals surface area contributed by atoms with E-state index in [4.69, 9.17) is 28.9 Å². The Morgan fingerprint density at radius 3 is 2.18 bits per heavy atom. The monoisotopic (exact) mass is 269 g/mol. The lowest BCUT2D eigenvalue weighted by molar-refractivity contribution is 0.646. The van der Waals surface area contributed by atoms with Gasteiger partial charge in [-0.15, -0.1) is 23.2 Å². The Labute approximate surface area is 113 Å². The molecule has 0 amide bonds. The van der Waals surface area contributed by atoms with Gasteiger partial charge >= 0.3 is 0 Å². The van der Waals surface area contributed by atoms with Crippen molar-refractivity contribution in [1.82, 2.24) is 0 Å². The summed E-state index contributed by atoms with van der Waals surface area (Å²) < 4.78 is -0.712. The van der Waals surface area contributed by atoms with Crippen molar-refractivity contribution < 1.29 is 0 Å². The van der Waals surface area contributed by atoms with Crippen molar-refractivity contribution in [2.45, 2.75) is 35.6 Å². The number of hydrogen-bond acceptors (Lipinski definition) is 1. The molecule has 0 saturated heterocycles. The van der Waals surface area contributed by atoms with Crippen molar-refractivity contribution in [1.29, 1.82) is 0 Å². The number of halogens is 2. The summed E-state index contributed by atoms with van der Waals surface area (Å²) in [7, 11) is 0. The lowest BCUT2D eigenvalue weighted by atomic mass is 9.93. The quantitative estimate of drug-likeness (QED) is 0.656. The molecule has 17 heavy (non-hydrogen) atoms. The van der Waals surface area contributed by atoms with E-state index in [1.807, 2.05) is 38.1 Å². The fourth-order valence-electron chi connectivity index (χ4n) is 1.99. The van der Waals surface area contributed by atoms with Crippen LogP contribution in [0.1, 0.15) is 25.8 Å². The zero-order valence-corrected chi connectivity index (χ0v) is 11.6. The van der Waals surface area contributed by atoms with Crippen LogP contribution >= 0.6 is 23.2 Å². The summed E-state index contributed by atoms with van der Waals surface area (Å²) in [5.74, 6) is 0. The first kappa shape index (κ1) is 12.9. The highest BCUT2D eigenvalue weighted by molar-refractivity contribution is 6.52. The minimum atomic E-state index is -0.712. The largest absolute Gasteiger partial charge is 0.322 e. The predicted octanol–water partition coefficient (Wildman–Crippen LogP) is 3.80.